The molecule has 0 aliphatic carbocycles. The lowest BCUT2D eigenvalue weighted by atomic mass is 9.86. The lowest BCUT2D eigenvalue weighted by molar-refractivity contribution is -0.299. The second-order valence-corrected chi connectivity index (χ2v) is 17.6. The summed E-state index contributed by atoms with van der Waals surface area (Å²) >= 11 is 0. The van der Waals surface area contributed by atoms with Crippen LogP contribution in [-0.2, 0) is 46.1 Å². The fraction of sp³-hybridized carbons (Fsp3) is 0.606. The number of aliphatic hydroxyl groups is 1. The number of ether oxygens (including phenoxy) is 5. The van der Waals surface area contributed by atoms with Crippen molar-refractivity contribution in [2.24, 2.45) is 0 Å². The minimum absolute atomic E-state index is 0.0236. The van der Waals surface area contributed by atoms with Gasteiger partial charge in [-0.25, -0.2) is 0 Å². The van der Waals surface area contributed by atoms with Gasteiger partial charge in [-0.1, -0.05) is 81.4 Å². The Bertz CT molecular complexity index is 1110. The van der Waals surface area contributed by atoms with E-state index in [2.05, 4.69) is 33.9 Å². The van der Waals surface area contributed by atoms with Crippen molar-refractivity contribution >= 4 is 14.3 Å². The van der Waals surface area contributed by atoms with Crippen molar-refractivity contribution < 1.29 is 38.0 Å². The van der Waals surface area contributed by atoms with Gasteiger partial charge in [0.2, 0.25) is 0 Å². The molecule has 0 unspecified atom stereocenters. The van der Waals surface area contributed by atoms with Gasteiger partial charge in [-0.3, -0.25) is 4.79 Å². The number of methoxy groups -OCH3 is 1. The van der Waals surface area contributed by atoms with Crippen LogP contribution in [0.5, 0.6) is 0 Å². The van der Waals surface area contributed by atoms with E-state index in [0.29, 0.717) is 26.1 Å². The summed E-state index contributed by atoms with van der Waals surface area (Å²) in [5, 5.41) is 9.97. The molecular weight excluding hydrogens is 552 g/mol. The van der Waals surface area contributed by atoms with Crippen molar-refractivity contribution in [3.8, 4) is 0 Å². The summed E-state index contributed by atoms with van der Waals surface area (Å²) in [4.78, 5) is 12.5. The maximum Gasteiger partial charge on any atom is 0.308 e. The quantitative estimate of drug-likeness (QED) is 0.255. The molecule has 0 bridgehead atoms. The fourth-order valence-electron chi connectivity index (χ4n) is 5.41. The van der Waals surface area contributed by atoms with Gasteiger partial charge in [0.25, 0.3) is 0 Å². The van der Waals surface area contributed by atoms with Crippen LogP contribution in [0.4, 0.5) is 0 Å². The maximum absolute atomic E-state index is 12.5. The molecule has 2 saturated heterocycles. The van der Waals surface area contributed by atoms with Crippen molar-refractivity contribution in [1.82, 2.24) is 0 Å². The molecule has 2 heterocycles. The lowest BCUT2D eigenvalue weighted by Crippen LogP contribution is -2.65. The zero-order valence-corrected chi connectivity index (χ0v) is 26.9. The molecule has 0 saturated carbocycles. The third-order valence-electron chi connectivity index (χ3n) is 8.77. The molecule has 2 aromatic carbocycles. The predicted octanol–water partition coefficient (Wildman–Crippen LogP) is 5.42. The highest BCUT2D eigenvalue weighted by molar-refractivity contribution is 6.74. The average molecular weight is 601 g/mol. The van der Waals surface area contributed by atoms with E-state index in [0.717, 1.165) is 11.1 Å². The predicted molar refractivity (Wildman–Crippen MR) is 162 cm³/mol. The summed E-state index contributed by atoms with van der Waals surface area (Å²) in [7, 11) is -0.819. The SMILES string of the molecule is COC(=O)C[C@H]1O[C@H]2[C@H](OCc3ccccc3)[C@@H](OCc3ccccc3)[C@H](CCO)O[C@@H]2C[C@H]1O[Si](C)(C)C(C)(C)C. The number of rotatable bonds is 12. The summed E-state index contributed by atoms with van der Waals surface area (Å²) in [6, 6.07) is 19.9. The second kappa shape index (κ2) is 14.6. The zero-order valence-electron chi connectivity index (χ0n) is 25.9. The van der Waals surface area contributed by atoms with Crippen molar-refractivity contribution in [3.05, 3.63) is 71.8 Å². The monoisotopic (exact) mass is 600 g/mol. The van der Waals surface area contributed by atoms with Gasteiger partial charge in [0.15, 0.2) is 8.32 Å². The van der Waals surface area contributed by atoms with Crippen molar-refractivity contribution in [3.63, 3.8) is 0 Å². The van der Waals surface area contributed by atoms with Crippen LogP contribution in [0, 0.1) is 0 Å². The molecule has 0 spiro atoms. The molecule has 2 fully saturated rings. The molecule has 0 radical (unpaired) electrons. The number of benzene rings is 2. The molecule has 9 heteroatoms. The second-order valence-electron chi connectivity index (χ2n) is 12.8. The highest BCUT2D eigenvalue weighted by atomic mass is 28.4. The van der Waals surface area contributed by atoms with Crippen molar-refractivity contribution in [2.75, 3.05) is 13.7 Å². The average Bonchev–Trinajstić information content (AvgIpc) is 2.96. The third-order valence-corrected chi connectivity index (χ3v) is 13.3. The molecule has 232 valence electrons. The topological polar surface area (TPSA) is 92.7 Å². The van der Waals surface area contributed by atoms with Gasteiger partial charge in [-0.2, -0.15) is 0 Å². The molecule has 8 nitrogen and oxygen atoms in total. The highest BCUT2D eigenvalue weighted by Crippen LogP contribution is 2.42. The van der Waals surface area contributed by atoms with Crippen LogP contribution in [-0.4, -0.2) is 75.8 Å². The summed E-state index contributed by atoms with van der Waals surface area (Å²) in [5.74, 6) is -0.351. The summed E-state index contributed by atoms with van der Waals surface area (Å²) in [6.45, 7) is 11.7. The summed E-state index contributed by atoms with van der Waals surface area (Å²) in [6.07, 6.45) is -2.14. The molecule has 1 N–H and O–H groups in total. The number of hydrogen-bond acceptors (Lipinski definition) is 8. The van der Waals surface area contributed by atoms with E-state index in [4.69, 9.17) is 28.1 Å². The van der Waals surface area contributed by atoms with E-state index in [1.54, 1.807) is 0 Å². The first-order chi connectivity index (χ1) is 20.0. The van der Waals surface area contributed by atoms with E-state index in [1.165, 1.54) is 7.11 Å². The number of carbonyl (C=O) groups excluding carboxylic acids is 1. The fourth-order valence-corrected chi connectivity index (χ4v) is 6.76. The first-order valence-electron chi connectivity index (χ1n) is 15.0. The smallest absolute Gasteiger partial charge is 0.308 e. The number of aliphatic hydroxyl groups excluding tert-OH is 1. The van der Waals surface area contributed by atoms with E-state index < -0.39 is 38.8 Å². The first kappa shape index (κ1) is 32.8. The normalized spacial score (nSPS) is 28.2. The standard InChI is InChI=1S/C33H48O8Si/c1-33(2,3)42(5,6)41-27-19-28-31(40-26(27)20-29(35)36-4)32(38-22-24-15-11-8-12-16-24)30(25(39-28)17-18-34)37-21-23-13-9-7-10-14-23/h7-16,25-28,30-32,34H,17-22H2,1-6H3/t25-,26+,27+,28+,30-,31+,32+/m0/s1. The minimum Gasteiger partial charge on any atom is -0.469 e. The number of hydrogen-bond donors (Lipinski definition) is 1. The van der Waals surface area contributed by atoms with E-state index in [1.807, 2.05) is 60.7 Å². The Morgan fingerprint density at radius 3 is 2.00 bits per heavy atom. The van der Waals surface area contributed by atoms with Gasteiger partial charge in [0.05, 0.1) is 51.2 Å². The molecular formula is C33H48O8Si. The number of fused-ring (bicyclic) bond motifs is 1. The molecule has 4 rings (SSSR count). The minimum atomic E-state index is -2.21. The Morgan fingerprint density at radius 2 is 1.48 bits per heavy atom. The van der Waals surface area contributed by atoms with Gasteiger partial charge in [0.1, 0.15) is 18.3 Å². The van der Waals surface area contributed by atoms with Crippen molar-refractivity contribution in [1.29, 1.82) is 0 Å². The van der Waals surface area contributed by atoms with Gasteiger partial charge < -0.3 is 33.2 Å². The Balaban J connectivity index is 1.64. The van der Waals surface area contributed by atoms with Crippen LogP contribution >= 0.6 is 0 Å². The van der Waals surface area contributed by atoms with Crippen LogP contribution in [0.2, 0.25) is 18.1 Å². The summed E-state index contributed by atoms with van der Waals surface area (Å²) in [5.41, 5.74) is 2.06. The van der Waals surface area contributed by atoms with Gasteiger partial charge >= 0.3 is 5.97 Å². The molecule has 2 aliphatic heterocycles. The number of carbonyl (C=O) groups is 1. The molecule has 2 aromatic rings. The molecule has 0 aromatic heterocycles. The maximum atomic E-state index is 12.5. The Morgan fingerprint density at radius 1 is 0.905 bits per heavy atom. The molecule has 2 aliphatic rings. The summed E-state index contributed by atoms with van der Waals surface area (Å²) < 4.78 is 38.4. The van der Waals surface area contributed by atoms with Gasteiger partial charge in [-0.15, -0.1) is 0 Å². The zero-order chi connectivity index (χ0) is 30.3. The van der Waals surface area contributed by atoms with Crippen LogP contribution in [0.25, 0.3) is 0 Å². The van der Waals surface area contributed by atoms with Crippen LogP contribution in [0.1, 0.15) is 51.2 Å². The van der Waals surface area contributed by atoms with Crippen LogP contribution < -0.4 is 0 Å². The number of esters is 1. The molecule has 0 amide bonds. The molecule has 7 atom stereocenters. The Hall–Kier alpha value is -2.11. The van der Waals surface area contributed by atoms with E-state index in [9.17, 15) is 9.90 Å². The third kappa shape index (κ3) is 8.28. The van der Waals surface area contributed by atoms with Crippen molar-refractivity contribution in [2.45, 2.75) is 114 Å². The van der Waals surface area contributed by atoms with Crippen LogP contribution in [0.15, 0.2) is 60.7 Å². The van der Waals surface area contributed by atoms with Crippen LogP contribution in [0.3, 0.4) is 0 Å². The Labute approximate surface area is 251 Å². The first-order valence-corrected chi connectivity index (χ1v) is 17.9. The van der Waals surface area contributed by atoms with E-state index >= 15 is 0 Å². The van der Waals surface area contributed by atoms with Gasteiger partial charge in [-0.05, 0) is 35.7 Å². The highest BCUT2D eigenvalue weighted by Gasteiger charge is 2.54. The van der Waals surface area contributed by atoms with Gasteiger partial charge in [0, 0.05) is 13.0 Å². The van der Waals surface area contributed by atoms with E-state index in [-0.39, 0.29) is 36.2 Å². The lowest BCUT2D eigenvalue weighted by Gasteiger charge is -2.52. The Kier molecular flexibility index (Phi) is 11.4. The largest absolute Gasteiger partial charge is 0.469 e. The molecule has 42 heavy (non-hydrogen) atoms.